The molecule has 0 bridgehead atoms. The molecular formula is C19H26N2O3. The molecule has 2 atom stereocenters. The lowest BCUT2D eigenvalue weighted by Crippen LogP contribution is -2.41. The summed E-state index contributed by atoms with van der Waals surface area (Å²) in [7, 11) is 2.01. The average molecular weight is 330 g/mol. The number of carboxylic acid groups (broad SMARTS) is 1. The first-order chi connectivity index (χ1) is 11.6. The Bertz CT molecular complexity index is 584. The van der Waals surface area contributed by atoms with Crippen LogP contribution < -0.4 is 0 Å². The Kier molecular flexibility index (Phi) is 5.19. The van der Waals surface area contributed by atoms with Crippen LogP contribution >= 0.6 is 0 Å². The lowest BCUT2D eigenvalue weighted by Gasteiger charge is -2.26. The summed E-state index contributed by atoms with van der Waals surface area (Å²) in [6.45, 7) is 1.20. The Morgan fingerprint density at radius 2 is 1.83 bits per heavy atom. The van der Waals surface area contributed by atoms with Crippen molar-refractivity contribution in [1.82, 2.24) is 9.80 Å². The van der Waals surface area contributed by atoms with E-state index in [0.717, 1.165) is 18.4 Å². The zero-order chi connectivity index (χ0) is 17.1. The van der Waals surface area contributed by atoms with Crippen molar-refractivity contribution in [2.24, 2.45) is 5.92 Å². The predicted octanol–water partition coefficient (Wildman–Crippen LogP) is 2.19. The normalized spacial score (nSPS) is 24.7. The molecule has 5 nitrogen and oxygen atoms in total. The second-order valence-corrected chi connectivity index (χ2v) is 7.11. The van der Waals surface area contributed by atoms with E-state index in [2.05, 4.69) is 4.90 Å². The quantitative estimate of drug-likeness (QED) is 0.899. The topological polar surface area (TPSA) is 60.9 Å². The van der Waals surface area contributed by atoms with Gasteiger partial charge in [0.1, 0.15) is 0 Å². The van der Waals surface area contributed by atoms with Crippen molar-refractivity contribution < 1.29 is 14.7 Å². The van der Waals surface area contributed by atoms with E-state index >= 15 is 0 Å². The van der Waals surface area contributed by atoms with Crippen LogP contribution in [0.4, 0.5) is 0 Å². The maximum atomic E-state index is 12.6. The minimum atomic E-state index is -0.816. The molecule has 1 amide bonds. The van der Waals surface area contributed by atoms with Gasteiger partial charge in [-0.1, -0.05) is 43.2 Å². The molecule has 0 spiro atoms. The lowest BCUT2D eigenvalue weighted by atomic mass is 9.89. The summed E-state index contributed by atoms with van der Waals surface area (Å²) in [6.07, 6.45) is 4.80. The van der Waals surface area contributed by atoms with Gasteiger partial charge in [0.15, 0.2) is 0 Å². The Labute approximate surface area is 143 Å². The number of hydrogen-bond donors (Lipinski definition) is 1. The summed E-state index contributed by atoms with van der Waals surface area (Å²) in [5.41, 5.74) is 1.00. The number of carboxylic acids is 1. The van der Waals surface area contributed by atoms with Gasteiger partial charge in [-0.3, -0.25) is 14.5 Å². The van der Waals surface area contributed by atoms with Gasteiger partial charge in [-0.05, 0) is 25.5 Å². The highest BCUT2D eigenvalue weighted by Crippen LogP contribution is 2.33. The third kappa shape index (κ3) is 3.61. The van der Waals surface area contributed by atoms with Gasteiger partial charge < -0.3 is 10.0 Å². The monoisotopic (exact) mass is 330 g/mol. The first-order valence-corrected chi connectivity index (χ1v) is 8.82. The van der Waals surface area contributed by atoms with Crippen molar-refractivity contribution in [3.05, 3.63) is 35.9 Å². The van der Waals surface area contributed by atoms with Crippen molar-refractivity contribution in [3.8, 4) is 0 Å². The van der Waals surface area contributed by atoms with Gasteiger partial charge in [0.25, 0.3) is 0 Å². The molecule has 0 unspecified atom stereocenters. The smallest absolute Gasteiger partial charge is 0.308 e. The number of hydrogen-bond acceptors (Lipinski definition) is 3. The molecule has 1 saturated carbocycles. The van der Waals surface area contributed by atoms with Crippen molar-refractivity contribution in [3.63, 3.8) is 0 Å². The number of likely N-dealkylation sites (N-methyl/N-ethyl adjacent to an activating group) is 1. The Hall–Kier alpha value is -1.88. The largest absolute Gasteiger partial charge is 0.481 e. The molecule has 1 aliphatic heterocycles. The first-order valence-electron chi connectivity index (χ1n) is 8.82. The first kappa shape index (κ1) is 17.0. The maximum absolute atomic E-state index is 12.6. The number of likely N-dealkylation sites (tertiary alicyclic amines) is 1. The minimum Gasteiger partial charge on any atom is -0.481 e. The zero-order valence-corrected chi connectivity index (χ0v) is 14.2. The van der Waals surface area contributed by atoms with Gasteiger partial charge in [-0.25, -0.2) is 0 Å². The van der Waals surface area contributed by atoms with Crippen LogP contribution in [0.2, 0.25) is 0 Å². The fourth-order valence-corrected chi connectivity index (χ4v) is 4.08. The number of benzene rings is 1. The van der Waals surface area contributed by atoms with Crippen LogP contribution in [0.15, 0.2) is 30.3 Å². The van der Waals surface area contributed by atoms with Gasteiger partial charge in [-0.2, -0.15) is 0 Å². The molecule has 1 saturated heterocycles. The molecule has 24 heavy (non-hydrogen) atoms. The van der Waals surface area contributed by atoms with E-state index in [1.165, 1.54) is 12.8 Å². The second-order valence-electron chi connectivity index (χ2n) is 7.11. The average Bonchev–Trinajstić information content (AvgIpc) is 3.25. The van der Waals surface area contributed by atoms with Crippen LogP contribution in [0.3, 0.4) is 0 Å². The van der Waals surface area contributed by atoms with Gasteiger partial charge in [0.05, 0.1) is 12.5 Å². The summed E-state index contributed by atoms with van der Waals surface area (Å²) in [4.78, 5) is 28.2. The van der Waals surface area contributed by atoms with Crippen LogP contribution in [0.25, 0.3) is 0 Å². The molecular weight excluding hydrogens is 304 g/mol. The summed E-state index contributed by atoms with van der Waals surface area (Å²) < 4.78 is 0. The fourth-order valence-electron chi connectivity index (χ4n) is 4.08. The van der Waals surface area contributed by atoms with Gasteiger partial charge >= 0.3 is 5.97 Å². The van der Waals surface area contributed by atoms with Crippen LogP contribution in [-0.2, 0) is 9.59 Å². The molecule has 130 valence electrons. The Morgan fingerprint density at radius 1 is 1.17 bits per heavy atom. The van der Waals surface area contributed by atoms with E-state index in [0.29, 0.717) is 25.7 Å². The highest BCUT2D eigenvalue weighted by atomic mass is 16.4. The highest BCUT2D eigenvalue weighted by Gasteiger charge is 2.40. The van der Waals surface area contributed by atoms with Crippen molar-refractivity contribution in [1.29, 1.82) is 0 Å². The zero-order valence-electron chi connectivity index (χ0n) is 14.2. The predicted molar refractivity (Wildman–Crippen MR) is 91.8 cm³/mol. The van der Waals surface area contributed by atoms with E-state index in [-0.39, 0.29) is 11.8 Å². The number of aliphatic carboxylic acids is 1. The summed E-state index contributed by atoms with van der Waals surface area (Å²) >= 11 is 0. The molecule has 2 fully saturated rings. The summed E-state index contributed by atoms with van der Waals surface area (Å²) in [5, 5.41) is 9.55. The number of carbonyl (C=O) groups is 2. The molecule has 1 aromatic carbocycles. The molecule has 1 aliphatic carbocycles. The summed E-state index contributed by atoms with van der Waals surface area (Å²) in [6, 6.07) is 10.2. The Morgan fingerprint density at radius 3 is 2.46 bits per heavy atom. The fraction of sp³-hybridized carbons (Fsp3) is 0.579. The number of rotatable bonds is 5. The van der Waals surface area contributed by atoms with E-state index in [1.807, 2.05) is 37.4 Å². The molecule has 0 aromatic heterocycles. The lowest BCUT2D eigenvalue weighted by molar-refractivity contribution is -0.141. The van der Waals surface area contributed by atoms with Crippen LogP contribution in [0.5, 0.6) is 0 Å². The van der Waals surface area contributed by atoms with E-state index in [4.69, 9.17) is 0 Å². The Balaban J connectivity index is 1.66. The van der Waals surface area contributed by atoms with Gasteiger partial charge in [0, 0.05) is 25.0 Å². The second kappa shape index (κ2) is 7.34. The van der Waals surface area contributed by atoms with E-state index in [9.17, 15) is 14.7 Å². The van der Waals surface area contributed by atoms with Crippen molar-refractivity contribution >= 4 is 11.9 Å². The van der Waals surface area contributed by atoms with Gasteiger partial charge in [-0.15, -0.1) is 0 Å². The molecule has 1 N–H and O–H groups in total. The maximum Gasteiger partial charge on any atom is 0.308 e. The molecule has 3 rings (SSSR count). The van der Waals surface area contributed by atoms with E-state index < -0.39 is 11.9 Å². The number of carbonyl (C=O) groups excluding carboxylic acids is 1. The molecule has 5 heteroatoms. The third-order valence-electron chi connectivity index (χ3n) is 5.55. The van der Waals surface area contributed by atoms with Crippen LogP contribution in [0.1, 0.15) is 37.2 Å². The number of amides is 1. The minimum absolute atomic E-state index is 0.0501. The van der Waals surface area contributed by atoms with Crippen molar-refractivity contribution in [2.45, 2.75) is 37.6 Å². The standard InChI is InChI=1S/C19H26N2O3/c1-20(15-9-5-6-10-15)13-18(22)21-11-16(17(12-21)19(23)24)14-7-3-2-4-8-14/h2-4,7-8,15-17H,5-6,9-13H2,1H3,(H,23,24)/t16-,17+/m1/s1. The van der Waals surface area contributed by atoms with Crippen LogP contribution in [0, 0.1) is 5.92 Å². The van der Waals surface area contributed by atoms with Gasteiger partial charge in [0.2, 0.25) is 5.91 Å². The van der Waals surface area contributed by atoms with Crippen molar-refractivity contribution in [2.75, 3.05) is 26.7 Å². The van der Waals surface area contributed by atoms with E-state index in [1.54, 1.807) is 4.90 Å². The summed E-state index contributed by atoms with van der Waals surface area (Å²) in [5.74, 6) is -1.41. The molecule has 1 heterocycles. The van der Waals surface area contributed by atoms with Crippen LogP contribution in [-0.4, -0.2) is 59.5 Å². The number of nitrogens with zero attached hydrogens (tertiary/aromatic N) is 2. The highest BCUT2D eigenvalue weighted by molar-refractivity contribution is 5.81. The third-order valence-corrected chi connectivity index (χ3v) is 5.55. The SMILES string of the molecule is CN(CC(=O)N1C[C@H](C(=O)O)[C@@H](c2ccccc2)C1)C1CCCC1. The molecule has 1 aromatic rings. The molecule has 2 aliphatic rings. The molecule has 0 radical (unpaired) electrons.